The highest BCUT2D eigenvalue weighted by molar-refractivity contribution is 6.31. The van der Waals surface area contributed by atoms with Gasteiger partial charge in [0.25, 0.3) is 0 Å². The van der Waals surface area contributed by atoms with Crippen molar-refractivity contribution in [1.82, 2.24) is 0 Å². The summed E-state index contributed by atoms with van der Waals surface area (Å²) in [6.45, 7) is 3.69. The fourth-order valence-electron chi connectivity index (χ4n) is 1.76. The van der Waals surface area contributed by atoms with E-state index < -0.39 is 11.4 Å². The van der Waals surface area contributed by atoms with E-state index in [1.165, 1.54) is 6.07 Å². The molecule has 14 heavy (non-hydrogen) atoms. The SMILES string of the molecule is Cc1cc(F)c(Cl)c(C2(O)CC2)c1C. The molecular formula is C11H12ClFO. The lowest BCUT2D eigenvalue weighted by atomic mass is 9.97. The third-order valence-corrected chi connectivity index (χ3v) is 3.30. The van der Waals surface area contributed by atoms with Gasteiger partial charge in [-0.2, -0.15) is 0 Å². The molecule has 0 saturated heterocycles. The van der Waals surface area contributed by atoms with Crippen LogP contribution in [0.3, 0.4) is 0 Å². The highest BCUT2D eigenvalue weighted by Crippen LogP contribution is 2.50. The van der Waals surface area contributed by atoms with E-state index in [1.807, 2.05) is 13.8 Å². The van der Waals surface area contributed by atoms with Gasteiger partial charge in [-0.15, -0.1) is 0 Å². The zero-order valence-corrected chi connectivity index (χ0v) is 8.95. The largest absolute Gasteiger partial charge is 0.385 e. The van der Waals surface area contributed by atoms with Crippen LogP contribution >= 0.6 is 11.6 Å². The minimum atomic E-state index is -0.867. The molecule has 0 bridgehead atoms. The van der Waals surface area contributed by atoms with E-state index in [4.69, 9.17) is 11.6 Å². The van der Waals surface area contributed by atoms with Crippen molar-refractivity contribution in [2.75, 3.05) is 0 Å². The van der Waals surface area contributed by atoms with Crippen molar-refractivity contribution in [2.45, 2.75) is 32.3 Å². The fraction of sp³-hybridized carbons (Fsp3) is 0.455. The van der Waals surface area contributed by atoms with Crippen LogP contribution in [0.15, 0.2) is 6.07 Å². The second kappa shape index (κ2) is 2.94. The minimum Gasteiger partial charge on any atom is -0.385 e. The first-order valence-electron chi connectivity index (χ1n) is 4.64. The molecule has 1 N–H and O–H groups in total. The predicted molar refractivity (Wildman–Crippen MR) is 54.0 cm³/mol. The maximum absolute atomic E-state index is 13.3. The number of hydrogen-bond acceptors (Lipinski definition) is 1. The molecule has 1 fully saturated rings. The molecule has 0 radical (unpaired) electrons. The summed E-state index contributed by atoms with van der Waals surface area (Å²) in [6, 6.07) is 1.41. The van der Waals surface area contributed by atoms with Gasteiger partial charge in [0.05, 0.1) is 10.6 Å². The van der Waals surface area contributed by atoms with E-state index in [1.54, 1.807) is 0 Å². The molecule has 3 heteroatoms. The van der Waals surface area contributed by atoms with Crippen LogP contribution < -0.4 is 0 Å². The fourth-order valence-corrected chi connectivity index (χ4v) is 2.14. The van der Waals surface area contributed by atoms with Crippen molar-refractivity contribution >= 4 is 11.6 Å². The molecule has 0 amide bonds. The number of halogens is 2. The highest BCUT2D eigenvalue weighted by Gasteiger charge is 2.45. The molecule has 2 rings (SSSR count). The van der Waals surface area contributed by atoms with Crippen molar-refractivity contribution in [3.8, 4) is 0 Å². The Morgan fingerprint density at radius 1 is 1.43 bits per heavy atom. The lowest BCUT2D eigenvalue weighted by molar-refractivity contribution is 0.150. The van der Waals surface area contributed by atoms with E-state index in [0.717, 1.165) is 11.1 Å². The van der Waals surface area contributed by atoms with Crippen molar-refractivity contribution in [2.24, 2.45) is 0 Å². The van der Waals surface area contributed by atoms with Gasteiger partial charge in [-0.25, -0.2) is 4.39 Å². The van der Waals surface area contributed by atoms with Crippen LogP contribution in [-0.2, 0) is 5.60 Å². The zero-order chi connectivity index (χ0) is 10.5. The van der Waals surface area contributed by atoms with Gasteiger partial charge in [0, 0.05) is 5.56 Å². The molecule has 0 unspecified atom stereocenters. The molecule has 1 aromatic carbocycles. The van der Waals surface area contributed by atoms with Gasteiger partial charge in [0.1, 0.15) is 5.82 Å². The maximum Gasteiger partial charge on any atom is 0.142 e. The Kier molecular flexibility index (Phi) is 2.09. The maximum atomic E-state index is 13.3. The van der Waals surface area contributed by atoms with E-state index in [9.17, 15) is 9.50 Å². The average Bonchev–Trinajstić information content (AvgIpc) is 2.81. The van der Waals surface area contributed by atoms with Gasteiger partial charge < -0.3 is 5.11 Å². The first-order valence-corrected chi connectivity index (χ1v) is 5.01. The third kappa shape index (κ3) is 1.33. The van der Waals surface area contributed by atoms with Gasteiger partial charge in [-0.1, -0.05) is 11.6 Å². The molecular weight excluding hydrogens is 203 g/mol. The van der Waals surface area contributed by atoms with Gasteiger partial charge in [0.15, 0.2) is 0 Å². The Bertz CT molecular complexity index is 371. The Labute approximate surface area is 87.5 Å². The highest BCUT2D eigenvalue weighted by atomic mass is 35.5. The number of rotatable bonds is 1. The summed E-state index contributed by atoms with van der Waals surface area (Å²) in [6.07, 6.45) is 1.35. The molecule has 1 nitrogen and oxygen atoms in total. The second-order valence-electron chi connectivity index (χ2n) is 4.02. The molecule has 0 heterocycles. The van der Waals surface area contributed by atoms with Gasteiger partial charge in [-0.3, -0.25) is 0 Å². The molecule has 1 saturated carbocycles. The molecule has 1 aliphatic rings. The topological polar surface area (TPSA) is 20.2 Å². The van der Waals surface area contributed by atoms with Crippen LogP contribution in [0, 0.1) is 19.7 Å². The summed E-state index contributed by atoms with van der Waals surface area (Å²) in [7, 11) is 0. The van der Waals surface area contributed by atoms with Crippen LogP contribution in [0.25, 0.3) is 0 Å². The van der Waals surface area contributed by atoms with Crippen LogP contribution in [0.2, 0.25) is 5.02 Å². The lowest BCUT2D eigenvalue weighted by Crippen LogP contribution is -2.10. The van der Waals surface area contributed by atoms with Crippen LogP contribution in [0.1, 0.15) is 29.5 Å². The van der Waals surface area contributed by atoms with Crippen molar-refractivity contribution in [3.05, 3.63) is 33.6 Å². The van der Waals surface area contributed by atoms with Crippen molar-refractivity contribution in [3.63, 3.8) is 0 Å². The number of hydrogen-bond donors (Lipinski definition) is 1. The van der Waals surface area contributed by atoms with Crippen LogP contribution in [0.4, 0.5) is 4.39 Å². The quantitative estimate of drug-likeness (QED) is 0.762. The average molecular weight is 215 g/mol. The Hall–Kier alpha value is -0.600. The minimum absolute atomic E-state index is 0.0769. The summed E-state index contributed by atoms with van der Waals surface area (Å²) >= 11 is 5.86. The van der Waals surface area contributed by atoms with Crippen LogP contribution in [0.5, 0.6) is 0 Å². The Morgan fingerprint density at radius 2 is 2.00 bits per heavy atom. The molecule has 0 atom stereocenters. The van der Waals surface area contributed by atoms with E-state index >= 15 is 0 Å². The van der Waals surface area contributed by atoms with Gasteiger partial charge in [0.2, 0.25) is 0 Å². The first kappa shape index (κ1) is 9.94. The lowest BCUT2D eigenvalue weighted by Gasteiger charge is -2.16. The standard InChI is InChI=1S/C11H12ClFO/c1-6-5-8(13)10(12)9(7(6)2)11(14)3-4-11/h5,14H,3-4H2,1-2H3. The summed E-state index contributed by atoms with van der Waals surface area (Å²) in [5, 5.41) is 10.0. The monoisotopic (exact) mass is 214 g/mol. The van der Waals surface area contributed by atoms with E-state index in [2.05, 4.69) is 0 Å². The summed E-state index contributed by atoms with van der Waals surface area (Å²) in [4.78, 5) is 0. The molecule has 1 aromatic rings. The van der Waals surface area contributed by atoms with Gasteiger partial charge in [-0.05, 0) is 43.9 Å². The normalized spacial score (nSPS) is 18.4. The Balaban J connectivity index is 2.68. The van der Waals surface area contributed by atoms with Gasteiger partial charge >= 0.3 is 0 Å². The predicted octanol–water partition coefficient (Wildman–Crippen LogP) is 3.08. The van der Waals surface area contributed by atoms with Crippen molar-refractivity contribution in [1.29, 1.82) is 0 Å². The Morgan fingerprint density at radius 3 is 2.50 bits per heavy atom. The number of benzene rings is 1. The zero-order valence-electron chi connectivity index (χ0n) is 8.19. The smallest absolute Gasteiger partial charge is 0.142 e. The molecule has 76 valence electrons. The van der Waals surface area contributed by atoms with E-state index in [-0.39, 0.29) is 5.02 Å². The molecule has 0 spiro atoms. The molecule has 0 aliphatic heterocycles. The summed E-state index contributed by atoms with van der Waals surface area (Å²) in [5.74, 6) is -0.440. The second-order valence-corrected chi connectivity index (χ2v) is 4.40. The first-order chi connectivity index (χ1) is 6.46. The molecule has 1 aliphatic carbocycles. The summed E-state index contributed by atoms with van der Waals surface area (Å²) in [5.41, 5.74) is 1.45. The van der Waals surface area contributed by atoms with Crippen LogP contribution in [-0.4, -0.2) is 5.11 Å². The molecule has 0 aromatic heterocycles. The number of aliphatic hydroxyl groups is 1. The summed E-state index contributed by atoms with van der Waals surface area (Å²) < 4.78 is 13.3. The van der Waals surface area contributed by atoms with Crippen molar-refractivity contribution < 1.29 is 9.50 Å². The number of aryl methyl sites for hydroxylation is 1. The van der Waals surface area contributed by atoms with E-state index in [0.29, 0.717) is 18.4 Å². The third-order valence-electron chi connectivity index (χ3n) is 2.93.